The molecule has 36 heavy (non-hydrogen) atoms. The SMILES string of the molecule is Cc1cccc(-c2cccc(-n3c4ccc(-c5cccc6ccccc56)cc4c4ccncc43)c2)c1. The molecule has 2 aromatic heterocycles. The molecule has 0 N–H and O–H groups in total. The molecule has 2 heterocycles. The van der Waals surface area contributed by atoms with Gasteiger partial charge in [0.05, 0.1) is 17.2 Å². The highest BCUT2D eigenvalue weighted by atomic mass is 15.0. The maximum atomic E-state index is 4.49. The van der Waals surface area contributed by atoms with Gasteiger partial charge in [-0.15, -0.1) is 0 Å². The molecule has 0 aliphatic carbocycles. The average molecular weight is 461 g/mol. The van der Waals surface area contributed by atoms with E-state index in [2.05, 4.69) is 132 Å². The minimum absolute atomic E-state index is 1.11. The Morgan fingerprint density at radius 3 is 2.28 bits per heavy atom. The van der Waals surface area contributed by atoms with E-state index in [1.165, 1.54) is 54.9 Å². The Balaban J connectivity index is 1.46. The van der Waals surface area contributed by atoms with Crippen LogP contribution in [0.5, 0.6) is 0 Å². The van der Waals surface area contributed by atoms with Crippen LogP contribution in [-0.2, 0) is 0 Å². The lowest BCUT2D eigenvalue weighted by molar-refractivity contribution is 1.17. The number of rotatable bonds is 3. The van der Waals surface area contributed by atoms with Gasteiger partial charge in [-0.05, 0) is 70.3 Å². The number of pyridine rings is 1. The molecule has 0 fully saturated rings. The zero-order valence-corrected chi connectivity index (χ0v) is 20.0. The molecule has 7 aromatic rings. The summed E-state index contributed by atoms with van der Waals surface area (Å²) in [5.41, 5.74) is 9.62. The third-order valence-corrected chi connectivity index (χ3v) is 7.12. The quantitative estimate of drug-likeness (QED) is 0.257. The molecule has 0 aliphatic heterocycles. The molecule has 0 unspecified atom stereocenters. The van der Waals surface area contributed by atoms with Crippen LogP contribution in [0.3, 0.4) is 0 Å². The molecular formula is C34H24N2. The smallest absolute Gasteiger partial charge is 0.0724 e. The summed E-state index contributed by atoms with van der Waals surface area (Å²) >= 11 is 0. The molecule has 2 heteroatoms. The van der Waals surface area contributed by atoms with Crippen molar-refractivity contribution in [2.45, 2.75) is 6.92 Å². The van der Waals surface area contributed by atoms with Crippen LogP contribution in [0.15, 0.2) is 128 Å². The maximum Gasteiger partial charge on any atom is 0.0724 e. The normalized spacial score (nSPS) is 11.5. The van der Waals surface area contributed by atoms with E-state index in [1.54, 1.807) is 0 Å². The third-order valence-electron chi connectivity index (χ3n) is 7.12. The predicted molar refractivity (Wildman–Crippen MR) is 152 cm³/mol. The Bertz CT molecular complexity index is 1900. The summed E-state index contributed by atoms with van der Waals surface area (Å²) in [6.07, 6.45) is 3.87. The van der Waals surface area contributed by atoms with Crippen molar-refractivity contribution in [1.29, 1.82) is 0 Å². The van der Waals surface area contributed by atoms with Crippen LogP contribution in [0.2, 0.25) is 0 Å². The van der Waals surface area contributed by atoms with Gasteiger partial charge < -0.3 is 4.57 Å². The zero-order chi connectivity index (χ0) is 24.1. The first kappa shape index (κ1) is 20.7. The summed E-state index contributed by atoms with van der Waals surface area (Å²) in [4.78, 5) is 4.49. The van der Waals surface area contributed by atoms with Crippen LogP contribution in [0, 0.1) is 6.92 Å². The van der Waals surface area contributed by atoms with Crippen LogP contribution >= 0.6 is 0 Å². The molecule has 5 aromatic carbocycles. The van der Waals surface area contributed by atoms with Crippen molar-refractivity contribution in [3.05, 3.63) is 133 Å². The van der Waals surface area contributed by atoms with Crippen molar-refractivity contribution in [2.24, 2.45) is 0 Å². The second-order valence-corrected chi connectivity index (χ2v) is 9.41. The summed E-state index contributed by atoms with van der Waals surface area (Å²) < 4.78 is 2.34. The van der Waals surface area contributed by atoms with E-state index in [9.17, 15) is 0 Å². The third kappa shape index (κ3) is 3.30. The maximum absolute atomic E-state index is 4.49. The fraction of sp³-hybridized carbons (Fsp3) is 0.0294. The van der Waals surface area contributed by atoms with Crippen molar-refractivity contribution in [3.63, 3.8) is 0 Å². The standard InChI is InChI=1S/C34H24N2/c1-23-7-4-10-25(19-23)26-11-5-12-28(20-26)36-33-16-15-27(21-32(33)31-17-18-35-22-34(31)36)30-14-6-9-24-8-2-3-13-29(24)30/h2-22H,1H3. The number of aromatic nitrogens is 2. The molecular weight excluding hydrogens is 436 g/mol. The molecule has 0 aliphatic rings. The molecule has 0 atom stereocenters. The number of nitrogens with zero attached hydrogens (tertiary/aromatic N) is 2. The molecule has 7 rings (SSSR count). The Morgan fingerprint density at radius 1 is 0.556 bits per heavy atom. The lowest BCUT2D eigenvalue weighted by Gasteiger charge is -2.11. The lowest BCUT2D eigenvalue weighted by atomic mass is 9.97. The summed E-state index contributed by atoms with van der Waals surface area (Å²) in [5, 5.41) is 4.98. The fourth-order valence-electron chi connectivity index (χ4n) is 5.44. The first-order valence-electron chi connectivity index (χ1n) is 12.3. The highest BCUT2D eigenvalue weighted by molar-refractivity contribution is 6.11. The Morgan fingerprint density at radius 2 is 1.36 bits per heavy atom. The summed E-state index contributed by atoms with van der Waals surface area (Å²) in [6, 6.07) is 41.6. The highest BCUT2D eigenvalue weighted by Crippen LogP contribution is 2.37. The van der Waals surface area contributed by atoms with Gasteiger partial charge in [0.2, 0.25) is 0 Å². The predicted octanol–water partition coefficient (Wildman–Crippen LogP) is 8.97. The van der Waals surface area contributed by atoms with Gasteiger partial charge in [0, 0.05) is 22.7 Å². The molecule has 0 saturated carbocycles. The van der Waals surface area contributed by atoms with Gasteiger partial charge in [0.15, 0.2) is 0 Å². The molecule has 170 valence electrons. The highest BCUT2D eigenvalue weighted by Gasteiger charge is 2.14. The second-order valence-electron chi connectivity index (χ2n) is 9.41. The van der Waals surface area contributed by atoms with Gasteiger partial charge in [0.25, 0.3) is 0 Å². The van der Waals surface area contributed by atoms with E-state index >= 15 is 0 Å². The summed E-state index contributed by atoms with van der Waals surface area (Å²) in [5.74, 6) is 0. The van der Waals surface area contributed by atoms with Crippen LogP contribution < -0.4 is 0 Å². The van der Waals surface area contributed by atoms with Gasteiger partial charge >= 0.3 is 0 Å². The number of fused-ring (bicyclic) bond motifs is 4. The number of hydrogen-bond donors (Lipinski definition) is 0. The van der Waals surface area contributed by atoms with Crippen LogP contribution in [0.25, 0.3) is 60.5 Å². The molecule has 0 bridgehead atoms. The van der Waals surface area contributed by atoms with Crippen molar-refractivity contribution in [3.8, 4) is 27.9 Å². The number of hydrogen-bond acceptors (Lipinski definition) is 1. The van der Waals surface area contributed by atoms with Gasteiger partial charge in [-0.25, -0.2) is 0 Å². The van der Waals surface area contributed by atoms with E-state index < -0.39 is 0 Å². The number of benzene rings is 5. The largest absolute Gasteiger partial charge is 0.308 e. The van der Waals surface area contributed by atoms with Crippen LogP contribution in [0.1, 0.15) is 5.56 Å². The summed E-state index contributed by atoms with van der Waals surface area (Å²) in [6.45, 7) is 2.14. The van der Waals surface area contributed by atoms with Crippen molar-refractivity contribution in [2.75, 3.05) is 0 Å². The topological polar surface area (TPSA) is 17.8 Å². The molecule has 0 amide bonds. The van der Waals surface area contributed by atoms with Gasteiger partial charge in [-0.2, -0.15) is 0 Å². The molecule has 0 radical (unpaired) electrons. The zero-order valence-electron chi connectivity index (χ0n) is 20.0. The average Bonchev–Trinajstić information content (AvgIpc) is 3.26. The second kappa shape index (κ2) is 8.21. The van der Waals surface area contributed by atoms with E-state index in [0.29, 0.717) is 0 Å². The van der Waals surface area contributed by atoms with E-state index in [4.69, 9.17) is 0 Å². The Hall–Kier alpha value is -4.69. The van der Waals surface area contributed by atoms with Crippen molar-refractivity contribution in [1.82, 2.24) is 9.55 Å². The fourth-order valence-corrected chi connectivity index (χ4v) is 5.44. The summed E-state index contributed by atoms with van der Waals surface area (Å²) in [7, 11) is 0. The van der Waals surface area contributed by atoms with Crippen LogP contribution in [-0.4, -0.2) is 9.55 Å². The minimum Gasteiger partial charge on any atom is -0.308 e. The van der Waals surface area contributed by atoms with Crippen LogP contribution in [0.4, 0.5) is 0 Å². The van der Waals surface area contributed by atoms with E-state index in [1.807, 2.05) is 12.4 Å². The molecule has 0 spiro atoms. The molecule has 2 nitrogen and oxygen atoms in total. The van der Waals surface area contributed by atoms with Crippen molar-refractivity contribution < 1.29 is 0 Å². The van der Waals surface area contributed by atoms with Crippen molar-refractivity contribution >= 4 is 32.6 Å². The first-order valence-corrected chi connectivity index (χ1v) is 12.3. The number of aryl methyl sites for hydroxylation is 1. The van der Waals surface area contributed by atoms with Gasteiger partial charge in [-0.1, -0.05) is 90.5 Å². The van der Waals surface area contributed by atoms with E-state index in [-0.39, 0.29) is 0 Å². The Labute approximate surface area is 210 Å². The van der Waals surface area contributed by atoms with Gasteiger partial charge in [0.1, 0.15) is 0 Å². The lowest BCUT2D eigenvalue weighted by Crippen LogP contribution is -1.94. The van der Waals surface area contributed by atoms with Gasteiger partial charge in [-0.3, -0.25) is 4.98 Å². The monoisotopic (exact) mass is 460 g/mol. The first-order chi connectivity index (χ1) is 17.8. The molecule has 0 saturated heterocycles. The van der Waals surface area contributed by atoms with E-state index in [0.717, 1.165) is 11.2 Å². The Kier molecular flexibility index (Phi) is 4.71. The minimum atomic E-state index is 1.11.